The van der Waals surface area contributed by atoms with E-state index in [0.717, 1.165) is 25.7 Å². The molecule has 0 atom stereocenters. The highest BCUT2D eigenvalue weighted by Crippen LogP contribution is 2.33. The number of hydrogen-bond donors (Lipinski definition) is 0. The van der Waals surface area contributed by atoms with Gasteiger partial charge in [0, 0.05) is 16.6 Å². The molecule has 0 spiro atoms. The molecule has 2 rings (SSSR count). The lowest BCUT2D eigenvalue weighted by Crippen LogP contribution is -2.43. The van der Waals surface area contributed by atoms with Crippen LogP contribution < -0.4 is 0 Å². The van der Waals surface area contributed by atoms with Crippen LogP contribution in [-0.2, 0) is 14.8 Å². The third-order valence-corrected chi connectivity index (χ3v) is 7.30. The van der Waals surface area contributed by atoms with Gasteiger partial charge in [-0.05, 0) is 67.7 Å². The predicted molar refractivity (Wildman–Crippen MR) is 96.5 cm³/mol. The lowest BCUT2D eigenvalue weighted by atomic mass is 10.2. The number of hydrogen-bond acceptors (Lipinski definition) is 4. The van der Waals surface area contributed by atoms with Crippen LogP contribution in [0.4, 0.5) is 0 Å². The lowest BCUT2D eigenvalue weighted by molar-refractivity contribution is 0.0526. The summed E-state index contributed by atoms with van der Waals surface area (Å²) in [6.07, 6.45) is 3.92. The number of sulfonamides is 1. The smallest absolute Gasteiger partial charge is 0.338 e. The maximum atomic E-state index is 13.2. The van der Waals surface area contributed by atoms with Crippen LogP contribution in [0.25, 0.3) is 0 Å². The topological polar surface area (TPSA) is 63.7 Å². The number of carbonyl (C=O) groups is 1. The van der Waals surface area contributed by atoms with Crippen molar-refractivity contribution in [3.63, 3.8) is 0 Å². The van der Waals surface area contributed by atoms with E-state index in [1.165, 1.54) is 18.2 Å². The van der Waals surface area contributed by atoms with E-state index >= 15 is 0 Å². The first-order valence-electron chi connectivity index (χ1n) is 8.29. The maximum Gasteiger partial charge on any atom is 0.338 e. The van der Waals surface area contributed by atoms with Crippen molar-refractivity contribution in [3.05, 3.63) is 28.2 Å². The fraction of sp³-hybridized carbons (Fsp3) is 0.588. The SMILES string of the molecule is CCOC(=O)c1ccc(S(=O)(=O)N(C(C)C)C2CCCC2)c(Br)c1. The van der Waals surface area contributed by atoms with Gasteiger partial charge in [0.1, 0.15) is 0 Å². The molecule has 0 saturated heterocycles. The minimum Gasteiger partial charge on any atom is -0.462 e. The molecule has 1 aliphatic carbocycles. The average Bonchev–Trinajstić information content (AvgIpc) is 3.00. The molecule has 0 aromatic heterocycles. The molecule has 0 N–H and O–H groups in total. The Morgan fingerprint density at radius 3 is 2.46 bits per heavy atom. The van der Waals surface area contributed by atoms with Crippen LogP contribution in [0.15, 0.2) is 27.6 Å². The van der Waals surface area contributed by atoms with Crippen molar-refractivity contribution >= 4 is 31.9 Å². The summed E-state index contributed by atoms with van der Waals surface area (Å²) in [7, 11) is -3.63. The van der Waals surface area contributed by atoms with Gasteiger partial charge in [-0.2, -0.15) is 4.31 Å². The summed E-state index contributed by atoms with van der Waals surface area (Å²) in [5.74, 6) is -0.460. The van der Waals surface area contributed by atoms with E-state index < -0.39 is 16.0 Å². The summed E-state index contributed by atoms with van der Waals surface area (Å²) in [5.41, 5.74) is 0.333. The fourth-order valence-electron chi connectivity index (χ4n) is 3.22. The third kappa shape index (κ3) is 4.00. The van der Waals surface area contributed by atoms with E-state index in [4.69, 9.17) is 4.74 Å². The van der Waals surface area contributed by atoms with Crippen LogP contribution in [0.5, 0.6) is 0 Å². The standard InChI is InChI=1S/C17H24BrNO4S/c1-4-23-17(20)13-9-10-16(15(18)11-13)24(21,22)19(12(2)3)14-7-5-6-8-14/h9-12,14H,4-8H2,1-3H3. The zero-order valence-corrected chi connectivity index (χ0v) is 16.7. The Balaban J connectivity index is 2.39. The highest BCUT2D eigenvalue weighted by molar-refractivity contribution is 9.10. The van der Waals surface area contributed by atoms with Crippen LogP contribution in [-0.4, -0.2) is 37.4 Å². The van der Waals surface area contributed by atoms with Gasteiger partial charge < -0.3 is 4.74 Å². The minimum atomic E-state index is -3.63. The van der Waals surface area contributed by atoms with Gasteiger partial charge in [0.15, 0.2) is 0 Å². The second-order valence-corrected chi connectivity index (χ2v) is 8.90. The van der Waals surface area contributed by atoms with Crippen LogP contribution >= 0.6 is 15.9 Å². The van der Waals surface area contributed by atoms with E-state index in [9.17, 15) is 13.2 Å². The zero-order valence-electron chi connectivity index (χ0n) is 14.3. The largest absolute Gasteiger partial charge is 0.462 e. The van der Waals surface area contributed by atoms with E-state index in [2.05, 4.69) is 15.9 Å². The van der Waals surface area contributed by atoms with Crippen molar-refractivity contribution in [1.82, 2.24) is 4.31 Å². The molecule has 0 radical (unpaired) electrons. The first kappa shape index (κ1) is 19.4. The number of ether oxygens (including phenoxy) is 1. The Labute approximate surface area is 152 Å². The molecule has 0 heterocycles. The van der Waals surface area contributed by atoms with Crippen molar-refractivity contribution in [1.29, 1.82) is 0 Å². The van der Waals surface area contributed by atoms with Gasteiger partial charge in [-0.15, -0.1) is 0 Å². The quantitative estimate of drug-likeness (QED) is 0.656. The summed E-state index contributed by atoms with van der Waals surface area (Å²) in [5, 5.41) is 0. The Morgan fingerprint density at radius 2 is 1.96 bits per heavy atom. The molecule has 1 fully saturated rings. The van der Waals surface area contributed by atoms with Gasteiger partial charge >= 0.3 is 5.97 Å². The van der Waals surface area contributed by atoms with E-state index in [-0.39, 0.29) is 23.6 Å². The summed E-state index contributed by atoms with van der Waals surface area (Å²) in [6.45, 7) is 5.81. The lowest BCUT2D eigenvalue weighted by Gasteiger charge is -2.32. The van der Waals surface area contributed by atoms with Crippen LogP contribution in [0.3, 0.4) is 0 Å². The monoisotopic (exact) mass is 417 g/mol. The van der Waals surface area contributed by atoms with Crippen LogP contribution in [0.2, 0.25) is 0 Å². The van der Waals surface area contributed by atoms with Gasteiger partial charge in [-0.1, -0.05) is 12.8 Å². The molecule has 1 aromatic carbocycles. The van der Waals surface area contributed by atoms with Gasteiger partial charge in [-0.3, -0.25) is 0 Å². The second-order valence-electron chi connectivity index (χ2n) is 6.23. The zero-order chi connectivity index (χ0) is 17.9. The van der Waals surface area contributed by atoms with Gasteiger partial charge in [0.2, 0.25) is 10.0 Å². The average molecular weight is 418 g/mol. The third-order valence-electron chi connectivity index (χ3n) is 4.19. The molecule has 0 aliphatic heterocycles. The highest BCUT2D eigenvalue weighted by Gasteiger charge is 2.36. The second kappa shape index (κ2) is 7.97. The Hall–Kier alpha value is -0.920. The van der Waals surface area contributed by atoms with Crippen molar-refractivity contribution < 1.29 is 17.9 Å². The Morgan fingerprint density at radius 1 is 1.33 bits per heavy atom. The molecule has 1 aromatic rings. The Kier molecular flexibility index (Phi) is 6.45. The van der Waals surface area contributed by atoms with Gasteiger partial charge in [-0.25, -0.2) is 13.2 Å². The molecular weight excluding hydrogens is 394 g/mol. The van der Waals surface area contributed by atoms with E-state index in [1.807, 2.05) is 13.8 Å². The van der Waals surface area contributed by atoms with E-state index in [1.54, 1.807) is 11.2 Å². The predicted octanol–water partition coefficient (Wildman–Crippen LogP) is 3.97. The maximum absolute atomic E-state index is 13.2. The number of benzene rings is 1. The Bertz CT molecular complexity index is 697. The molecule has 1 saturated carbocycles. The molecule has 1 aliphatic rings. The molecule has 0 amide bonds. The van der Waals surface area contributed by atoms with Crippen LogP contribution in [0, 0.1) is 0 Å². The molecule has 0 unspecified atom stereocenters. The van der Waals surface area contributed by atoms with Gasteiger partial charge in [0.25, 0.3) is 0 Å². The summed E-state index contributed by atoms with van der Waals surface area (Å²) in [6, 6.07) is 4.43. The molecule has 7 heteroatoms. The normalized spacial score (nSPS) is 16.1. The highest BCUT2D eigenvalue weighted by atomic mass is 79.9. The van der Waals surface area contributed by atoms with Crippen molar-refractivity contribution in [2.75, 3.05) is 6.61 Å². The van der Waals surface area contributed by atoms with Crippen LogP contribution in [0.1, 0.15) is 56.8 Å². The summed E-state index contributed by atoms with van der Waals surface area (Å²) < 4.78 is 33.3. The van der Waals surface area contributed by atoms with Crippen molar-refractivity contribution in [2.45, 2.75) is 63.4 Å². The fourth-order valence-corrected chi connectivity index (χ4v) is 6.14. The molecule has 24 heavy (non-hydrogen) atoms. The van der Waals surface area contributed by atoms with E-state index in [0.29, 0.717) is 10.0 Å². The molecule has 134 valence electrons. The first-order valence-corrected chi connectivity index (χ1v) is 10.5. The number of carbonyl (C=O) groups excluding carboxylic acids is 1. The summed E-state index contributed by atoms with van der Waals surface area (Å²) >= 11 is 3.31. The number of nitrogens with zero attached hydrogens (tertiary/aromatic N) is 1. The first-order chi connectivity index (χ1) is 11.3. The molecule has 5 nitrogen and oxygen atoms in total. The molecule has 0 bridgehead atoms. The number of rotatable bonds is 6. The number of halogens is 1. The molecular formula is C17H24BrNO4S. The van der Waals surface area contributed by atoms with Gasteiger partial charge in [0.05, 0.1) is 17.1 Å². The number of esters is 1. The van der Waals surface area contributed by atoms with Crippen molar-refractivity contribution in [2.24, 2.45) is 0 Å². The summed E-state index contributed by atoms with van der Waals surface area (Å²) in [4.78, 5) is 12.0. The van der Waals surface area contributed by atoms with Crippen molar-refractivity contribution in [3.8, 4) is 0 Å². The minimum absolute atomic E-state index is 0.0478.